The summed E-state index contributed by atoms with van der Waals surface area (Å²) in [6, 6.07) is 4.57. The maximum absolute atomic E-state index is 11.4. The third-order valence-electron chi connectivity index (χ3n) is 7.55. The zero-order chi connectivity index (χ0) is 22.6. The van der Waals surface area contributed by atoms with E-state index in [1.807, 2.05) is 0 Å². The lowest BCUT2D eigenvalue weighted by Gasteiger charge is -2.38. The van der Waals surface area contributed by atoms with Crippen molar-refractivity contribution in [3.05, 3.63) is 41.5 Å². The van der Waals surface area contributed by atoms with Crippen molar-refractivity contribution in [2.24, 2.45) is 0 Å². The lowest BCUT2D eigenvalue weighted by molar-refractivity contribution is 0.468. The Hall–Kier alpha value is -0.283. The number of aryl methyl sites for hydroxylation is 2. The lowest BCUT2D eigenvalue weighted by Crippen LogP contribution is -2.44. The number of aromatic hydroxyl groups is 1. The van der Waals surface area contributed by atoms with Gasteiger partial charge >= 0.3 is 0 Å². The minimum Gasteiger partial charge on any atom is -0.542 e. The number of halogens is 2. The molecule has 2 aliphatic carbocycles. The van der Waals surface area contributed by atoms with Gasteiger partial charge in [-0.25, -0.2) is 0 Å². The van der Waals surface area contributed by atoms with Gasteiger partial charge in [0.05, 0.1) is 7.14 Å². The van der Waals surface area contributed by atoms with Gasteiger partial charge in [0.2, 0.25) is 0 Å². The third-order valence-corrected chi connectivity index (χ3v) is 13.5. The lowest BCUT2D eigenvalue weighted by atomic mass is 9.80. The first-order chi connectivity index (χ1) is 14.5. The van der Waals surface area contributed by atoms with Gasteiger partial charge in [-0.05, 0) is 149 Å². The molecule has 2 aromatic rings. The molecule has 0 radical (unpaired) electrons. The molecule has 0 fully saturated rings. The highest BCUT2D eigenvalue weighted by atomic mass is 127. The molecule has 0 heterocycles. The van der Waals surface area contributed by atoms with E-state index in [4.69, 9.17) is 4.43 Å². The van der Waals surface area contributed by atoms with Gasteiger partial charge in [-0.15, -0.1) is 0 Å². The number of phenols is 1. The van der Waals surface area contributed by atoms with E-state index < -0.39 is 8.32 Å². The van der Waals surface area contributed by atoms with Gasteiger partial charge in [0.15, 0.2) is 0 Å². The standard InChI is InChI=1S/C26H34I2O2Si/c1-26(2,3)31(4,5)30-25-21(28)15-17-11-7-9-13-19(17)23(25)22-18-12-8-6-10-16(18)14-20(27)24(22)29/h14-15,29H,6-13H2,1-5H3. The highest BCUT2D eigenvalue weighted by molar-refractivity contribution is 14.1. The molecule has 0 bridgehead atoms. The average molecular weight is 660 g/mol. The molecule has 0 atom stereocenters. The number of rotatable bonds is 3. The number of hydrogen-bond acceptors (Lipinski definition) is 2. The molecule has 2 nitrogen and oxygen atoms in total. The van der Waals surface area contributed by atoms with Crippen molar-refractivity contribution in [2.45, 2.75) is 90.3 Å². The van der Waals surface area contributed by atoms with Crippen LogP contribution in [-0.2, 0) is 25.7 Å². The molecule has 0 amide bonds. The second-order valence-corrected chi connectivity index (χ2v) is 17.7. The Balaban J connectivity index is 2.04. The predicted molar refractivity (Wildman–Crippen MR) is 150 cm³/mol. The van der Waals surface area contributed by atoms with Crippen LogP contribution in [0.3, 0.4) is 0 Å². The first kappa shape index (κ1) is 23.9. The SMILES string of the molecule is CC(C)(C)[Si](C)(C)Oc1c(I)cc2c(c1-c1c(O)c(I)cc3c1CCCC3)CCCC2. The summed E-state index contributed by atoms with van der Waals surface area (Å²) < 4.78 is 9.22. The quantitative estimate of drug-likeness (QED) is 0.265. The Bertz CT molecular complexity index is 1020. The van der Waals surface area contributed by atoms with Crippen LogP contribution in [-0.4, -0.2) is 13.4 Å². The van der Waals surface area contributed by atoms with Crippen LogP contribution < -0.4 is 4.43 Å². The summed E-state index contributed by atoms with van der Waals surface area (Å²) in [4.78, 5) is 0. The van der Waals surface area contributed by atoms with Crippen LogP contribution in [0.5, 0.6) is 11.5 Å². The van der Waals surface area contributed by atoms with Crippen LogP contribution in [0, 0.1) is 7.14 Å². The zero-order valence-electron chi connectivity index (χ0n) is 19.4. The molecule has 0 saturated carbocycles. The Morgan fingerprint density at radius 2 is 1.29 bits per heavy atom. The second-order valence-electron chi connectivity index (χ2n) is 10.7. The predicted octanol–water partition coefficient (Wildman–Crippen LogP) is 8.41. The fourth-order valence-electron chi connectivity index (χ4n) is 4.75. The van der Waals surface area contributed by atoms with E-state index in [1.165, 1.54) is 57.1 Å². The van der Waals surface area contributed by atoms with Gasteiger partial charge in [0.25, 0.3) is 8.32 Å². The van der Waals surface area contributed by atoms with Crippen molar-refractivity contribution < 1.29 is 9.53 Å². The topological polar surface area (TPSA) is 29.5 Å². The third kappa shape index (κ3) is 4.44. The van der Waals surface area contributed by atoms with Crippen LogP contribution >= 0.6 is 45.2 Å². The molecule has 0 saturated heterocycles. The smallest absolute Gasteiger partial charge is 0.250 e. The summed E-state index contributed by atoms with van der Waals surface area (Å²) in [6.45, 7) is 11.6. The molecule has 168 valence electrons. The van der Waals surface area contributed by atoms with Crippen molar-refractivity contribution >= 4 is 53.5 Å². The van der Waals surface area contributed by atoms with E-state index in [2.05, 4.69) is 91.2 Å². The molecular formula is C26H34I2O2Si. The van der Waals surface area contributed by atoms with E-state index in [-0.39, 0.29) is 5.04 Å². The van der Waals surface area contributed by atoms with Gasteiger partial charge in [-0.1, -0.05) is 20.8 Å². The molecule has 0 unspecified atom stereocenters. The maximum atomic E-state index is 11.4. The molecule has 0 aromatic heterocycles. The first-order valence-corrected chi connectivity index (χ1v) is 16.6. The Labute approximate surface area is 216 Å². The van der Waals surface area contributed by atoms with Crippen molar-refractivity contribution in [3.63, 3.8) is 0 Å². The van der Waals surface area contributed by atoms with E-state index >= 15 is 0 Å². The summed E-state index contributed by atoms with van der Waals surface area (Å²) in [5.41, 5.74) is 7.94. The van der Waals surface area contributed by atoms with Crippen LogP contribution in [0.25, 0.3) is 11.1 Å². The van der Waals surface area contributed by atoms with Gasteiger partial charge in [0, 0.05) is 11.1 Å². The fourth-order valence-corrected chi connectivity index (χ4v) is 7.38. The average Bonchev–Trinajstić information content (AvgIpc) is 2.69. The van der Waals surface area contributed by atoms with Crippen LogP contribution in [0.15, 0.2) is 12.1 Å². The summed E-state index contributed by atoms with van der Waals surface area (Å²) in [6.07, 6.45) is 9.28. The van der Waals surface area contributed by atoms with Crippen LogP contribution in [0.4, 0.5) is 0 Å². The highest BCUT2D eigenvalue weighted by Gasteiger charge is 2.41. The Morgan fingerprint density at radius 1 is 0.806 bits per heavy atom. The summed E-state index contributed by atoms with van der Waals surface area (Å²) in [5, 5.41) is 11.5. The first-order valence-electron chi connectivity index (χ1n) is 11.6. The Morgan fingerprint density at radius 3 is 1.84 bits per heavy atom. The van der Waals surface area contributed by atoms with Crippen molar-refractivity contribution in [3.8, 4) is 22.6 Å². The van der Waals surface area contributed by atoms with E-state index in [1.54, 1.807) is 0 Å². The highest BCUT2D eigenvalue weighted by Crippen LogP contribution is 2.51. The second kappa shape index (κ2) is 8.82. The molecule has 5 heteroatoms. The van der Waals surface area contributed by atoms with Gasteiger partial charge < -0.3 is 9.53 Å². The molecular weight excluding hydrogens is 626 g/mol. The molecule has 4 rings (SSSR count). The van der Waals surface area contributed by atoms with Crippen molar-refractivity contribution in [2.75, 3.05) is 0 Å². The number of hydrogen-bond donors (Lipinski definition) is 1. The van der Waals surface area contributed by atoms with Gasteiger partial charge in [-0.2, -0.15) is 0 Å². The minimum absolute atomic E-state index is 0.121. The van der Waals surface area contributed by atoms with Crippen LogP contribution in [0.1, 0.15) is 68.7 Å². The molecule has 1 N–H and O–H groups in total. The number of fused-ring (bicyclic) bond motifs is 2. The number of phenolic OH excluding ortho intramolecular Hbond substituents is 1. The minimum atomic E-state index is -2.04. The largest absolute Gasteiger partial charge is 0.542 e. The summed E-state index contributed by atoms with van der Waals surface area (Å²) in [7, 11) is -2.04. The molecule has 0 spiro atoms. The van der Waals surface area contributed by atoms with E-state index in [9.17, 15) is 5.11 Å². The van der Waals surface area contributed by atoms with E-state index in [0.717, 1.165) is 40.6 Å². The van der Waals surface area contributed by atoms with Gasteiger partial charge in [0.1, 0.15) is 11.5 Å². The molecule has 2 aliphatic rings. The van der Waals surface area contributed by atoms with Crippen molar-refractivity contribution in [1.29, 1.82) is 0 Å². The normalized spacial score (nSPS) is 16.6. The zero-order valence-corrected chi connectivity index (χ0v) is 24.7. The van der Waals surface area contributed by atoms with Crippen molar-refractivity contribution in [1.82, 2.24) is 0 Å². The summed E-state index contributed by atoms with van der Waals surface area (Å²) in [5.74, 6) is 1.48. The fraction of sp³-hybridized carbons (Fsp3) is 0.538. The molecule has 0 aliphatic heterocycles. The number of benzene rings is 2. The van der Waals surface area contributed by atoms with Gasteiger partial charge in [-0.3, -0.25) is 0 Å². The molecule has 31 heavy (non-hydrogen) atoms. The molecule has 2 aromatic carbocycles. The monoisotopic (exact) mass is 660 g/mol. The van der Waals surface area contributed by atoms with Crippen LogP contribution in [0.2, 0.25) is 18.1 Å². The van der Waals surface area contributed by atoms with E-state index in [0.29, 0.717) is 5.75 Å². The maximum Gasteiger partial charge on any atom is 0.250 e. The Kier molecular flexibility index (Phi) is 6.79. The summed E-state index contributed by atoms with van der Waals surface area (Å²) >= 11 is 4.79.